The Bertz CT molecular complexity index is 533. The van der Waals surface area contributed by atoms with Crippen LogP contribution in [0.15, 0.2) is 0 Å². The average Bonchev–Trinajstić information content (AvgIpc) is 2.68. The number of carboxylic acids is 1. The maximum absolute atomic E-state index is 12.9. The Hall–Kier alpha value is -1.59. The minimum Gasteiger partial charge on any atom is -0.481 e. The van der Waals surface area contributed by atoms with E-state index in [1.54, 1.807) is 0 Å². The van der Waals surface area contributed by atoms with Gasteiger partial charge in [0.1, 0.15) is 12.2 Å². The fourth-order valence-electron chi connectivity index (χ4n) is 4.93. The number of hydrogen-bond donors (Lipinski definition) is 1. The molecule has 0 aliphatic heterocycles. The predicted molar refractivity (Wildman–Crippen MR) is 97.9 cm³/mol. The summed E-state index contributed by atoms with van der Waals surface area (Å²) in [7, 11) is 0. The average molecular weight is 380 g/mol. The third-order valence-corrected chi connectivity index (χ3v) is 6.46. The van der Waals surface area contributed by atoms with Crippen LogP contribution in [0, 0.1) is 17.8 Å². The summed E-state index contributed by atoms with van der Waals surface area (Å²) in [6.45, 7) is 0. The maximum Gasteiger partial charge on any atom is 0.310 e. The number of hydrogen-bond acceptors (Lipinski definition) is 5. The highest BCUT2D eigenvalue weighted by Crippen LogP contribution is 2.38. The molecule has 0 amide bonds. The van der Waals surface area contributed by atoms with E-state index in [0.29, 0.717) is 19.3 Å². The predicted octanol–water partition coefficient (Wildman–Crippen LogP) is 3.86. The summed E-state index contributed by atoms with van der Waals surface area (Å²) in [6.07, 6.45) is 11.1. The fraction of sp³-hybridized carbons (Fsp3) is 0.857. The van der Waals surface area contributed by atoms with Crippen LogP contribution < -0.4 is 0 Å². The second-order valence-corrected chi connectivity index (χ2v) is 8.40. The summed E-state index contributed by atoms with van der Waals surface area (Å²) < 4.78 is 11.4. The van der Waals surface area contributed by atoms with Crippen molar-refractivity contribution in [3.05, 3.63) is 0 Å². The van der Waals surface area contributed by atoms with Crippen LogP contribution in [0.2, 0.25) is 0 Å². The topological polar surface area (TPSA) is 89.9 Å². The van der Waals surface area contributed by atoms with Gasteiger partial charge in [0, 0.05) is 0 Å². The van der Waals surface area contributed by atoms with Crippen LogP contribution in [0.5, 0.6) is 0 Å². The van der Waals surface area contributed by atoms with Crippen LogP contribution in [0.1, 0.15) is 83.5 Å². The first-order chi connectivity index (χ1) is 13.1. The number of carbonyl (C=O) groups excluding carboxylic acids is 2. The zero-order valence-electron chi connectivity index (χ0n) is 16.1. The van der Waals surface area contributed by atoms with E-state index in [2.05, 4.69) is 0 Å². The smallest absolute Gasteiger partial charge is 0.310 e. The van der Waals surface area contributed by atoms with Crippen molar-refractivity contribution >= 4 is 17.9 Å². The minimum atomic E-state index is -1.02. The van der Waals surface area contributed by atoms with Crippen molar-refractivity contribution in [1.29, 1.82) is 0 Å². The molecule has 27 heavy (non-hydrogen) atoms. The molecule has 0 heterocycles. The summed E-state index contributed by atoms with van der Waals surface area (Å²) in [5.74, 6) is -4.42. The van der Waals surface area contributed by atoms with Gasteiger partial charge in [-0.25, -0.2) is 0 Å². The van der Waals surface area contributed by atoms with Crippen LogP contribution in [-0.4, -0.2) is 35.2 Å². The molecule has 3 fully saturated rings. The largest absolute Gasteiger partial charge is 0.481 e. The van der Waals surface area contributed by atoms with E-state index in [4.69, 9.17) is 9.47 Å². The van der Waals surface area contributed by atoms with Gasteiger partial charge in [-0.05, 0) is 64.2 Å². The van der Waals surface area contributed by atoms with Gasteiger partial charge in [-0.2, -0.15) is 0 Å². The lowest BCUT2D eigenvalue weighted by molar-refractivity contribution is -0.176. The van der Waals surface area contributed by atoms with Gasteiger partial charge in [-0.3, -0.25) is 14.4 Å². The maximum atomic E-state index is 12.9. The summed E-state index contributed by atoms with van der Waals surface area (Å²) in [5.41, 5.74) is 0. The summed E-state index contributed by atoms with van der Waals surface area (Å²) in [4.78, 5) is 37.5. The lowest BCUT2D eigenvalue weighted by atomic mass is 9.71. The Labute approximate surface area is 161 Å². The van der Waals surface area contributed by atoms with Gasteiger partial charge < -0.3 is 14.6 Å². The fourth-order valence-corrected chi connectivity index (χ4v) is 4.93. The molecule has 6 nitrogen and oxygen atoms in total. The molecular weight excluding hydrogens is 348 g/mol. The van der Waals surface area contributed by atoms with Gasteiger partial charge >= 0.3 is 17.9 Å². The van der Waals surface area contributed by atoms with Gasteiger partial charge in [0.2, 0.25) is 0 Å². The molecule has 3 aliphatic rings. The zero-order chi connectivity index (χ0) is 19.2. The van der Waals surface area contributed by atoms with Crippen molar-refractivity contribution in [2.24, 2.45) is 17.8 Å². The Morgan fingerprint density at radius 1 is 0.593 bits per heavy atom. The van der Waals surface area contributed by atoms with E-state index in [-0.39, 0.29) is 12.2 Å². The summed E-state index contributed by atoms with van der Waals surface area (Å²) in [6, 6.07) is 0. The molecule has 3 aliphatic carbocycles. The summed E-state index contributed by atoms with van der Waals surface area (Å²) in [5, 5.41) is 9.62. The number of rotatable bonds is 5. The second kappa shape index (κ2) is 9.56. The van der Waals surface area contributed by atoms with Gasteiger partial charge in [-0.15, -0.1) is 0 Å². The van der Waals surface area contributed by atoms with Crippen molar-refractivity contribution in [3.63, 3.8) is 0 Å². The number of esters is 2. The molecule has 0 spiro atoms. The molecule has 152 valence electrons. The standard InChI is InChI=1S/C21H32O6/c22-19(23)16-12-7-13-17(20(24)26-14-8-3-1-4-9-14)18(16)21(25)27-15-10-5-2-6-11-15/h14-18H,1-13H2,(H,22,23). The Balaban J connectivity index is 1.69. The van der Waals surface area contributed by atoms with Crippen LogP contribution >= 0.6 is 0 Å². The van der Waals surface area contributed by atoms with Crippen molar-refractivity contribution in [2.45, 2.75) is 95.7 Å². The second-order valence-electron chi connectivity index (χ2n) is 8.40. The number of carbonyl (C=O) groups is 3. The number of ether oxygens (including phenoxy) is 2. The quantitative estimate of drug-likeness (QED) is 0.729. The first-order valence-electron chi connectivity index (χ1n) is 10.7. The highest BCUT2D eigenvalue weighted by Gasteiger charge is 2.47. The zero-order valence-corrected chi connectivity index (χ0v) is 16.1. The van der Waals surface area contributed by atoms with Crippen molar-refractivity contribution in [2.75, 3.05) is 0 Å². The van der Waals surface area contributed by atoms with Crippen LogP contribution in [0.3, 0.4) is 0 Å². The molecule has 3 saturated carbocycles. The Morgan fingerprint density at radius 2 is 1.07 bits per heavy atom. The lowest BCUT2D eigenvalue weighted by Gasteiger charge is -2.35. The highest BCUT2D eigenvalue weighted by atomic mass is 16.6. The Morgan fingerprint density at radius 3 is 1.59 bits per heavy atom. The van der Waals surface area contributed by atoms with Crippen molar-refractivity contribution in [1.82, 2.24) is 0 Å². The van der Waals surface area contributed by atoms with Crippen LogP contribution in [-0.2, 0) is 23.9 Å². The van der Waals surface area contributed by atoms with Crippen LogP contribution in [0.25, 0.3) is 0 Å². The first-order valence-corrected chi connectivity index (χ1v) is 10.7. The van der Waals surface area contributed by atoms with E-state index >= 15 is 0 Å². The molecule has 0 saturated heterocycles. The van der Waals surface area contributed by atoms with E-state index in [1.807, 2.05) is 0 Å². The molecule has 0 aromatic carbocycles. The van der Waals surface area contributed by atoms with Crippen molar-refractivity contribution in [3.8, 4) is 0 Å². The molecule has 0 aromatic rings. The lowest BCUT2D eigenvalue weighted by Crippen LogP contribution is -2.45. The van der Waals surface area contributed by atoms with Gasteiger partial charge in [0.25, 0.3) is 0 Å². The van der Waals surface area contributed by atoms with Gasteiger partial charge in [0.15, 0.2) is 0 Å². The Kier molecular flexibility index (Phi) is 7.13. The van der Waals surface area contributed by atoms with E-state index in [0.717, 1.165) is 64.2 Å². The molecule has 0 aromatic heterocycles. The number of aliphatic carboxylic acids is 1. The molecule has 1 N–H and O–H groups in total. The highest BCUT2D eigenvalue weighted by molar-refractivity contribution is 5.87. The SMILES string of the molecule is O=C(O)C1CCCC(C(=O)OC2CCCCC2)C1C(=O)OC1CCCCC1. The molecule has 3 rings (SSSR count). The van der Waals surface area contributed by atoms with E-state index < -0.39 is 35.7 Å². The van der Waals surface area contributed by atoms with Gasteiger partial charge in [0.05, 0.1) is 17.8 Å². The minimum absolute atomic E-state index is 0.0912. The van der Waals surface area contributed by atoms with E-state index in [1.165, 1.54) is 0 Å². The monoisotopic (exact) mass is 380 g/mol. The molecular formula is C21H32O6. The summed E-state index contributed by atoms with van der Waals surface area (Å²) >= 11 is 0. The van der Waals surface area contributed by atoms with Gasteiger partial charge in [-0.1, -0.05) is 19.3 Å². The van der Waals surface area contributed by atoms with E-state index in [9.17, 15) is 19.5 Å². The molecule has 3 atom stereocenters. The molecule has 0 bridgehead atoms. The third-order valence-electron chi connectivity index (χ3n) is 6.46. The third kappa shape index (κ3) is 5.23. The number of carboxylic acid groups (broad SMARTS) is 1. The van der Waals surface area contributed by atoms with Crippen molar-refractivity contribution < 1.29 is 29.0 Å². The normalized spacial score (nSPS) is 30.4. The van der Waals surface area contributed by atoms with Crippen LogP contribution in [0.4, 0.5) is 0 Å². The first kappa shape index (κ1) is 20.2. The molecule has 0 radical (unpaired) electrons. The molecule has 3 unspecified atom stereocenters. The molecule has 6 heteroatoms.